The molecule has 0 unspecified atom stereocenters. The first-order chi connectivity index (χ1) is 11.7. The topological polar surface area (TPSA) is 46.9 Å². The van der Waals surface area contributed by atoms with Crippen LogP contribution in [0.3, 0.4) is 0 Å². The van der Waals surface area contributed by atoms with Gasteiger partial charge >= 0.3 is 0 Å². The second kappa shape index (κ2) is 7.36. The van der Waals surface area contributed by atoms with E-state index in [0.717, 1.165) is 16.8 Å². The van der Waals surface area contributed by atoms with Crippen molar-refractivity contribution in [2.75, 3.05) is 6.26 Å². The molecule has 3 aromatic rings. The Morgan fingerprint density at radius 2 is 1.92 bits per heavy atom. The van der Waals surface area contributed by atoms with E-state index in [2.05, 4.69) is 22.5 Å². The monoisotopic (exact) mass is 337 g/mol. The van der Waals surface area contributed by atoms with Crippen molar-refractivity contribution < 1.29 is 4.79 Å². The van der Waals surface area contributed by atoms with Gasteiger partial charge < -0.3 is 5.32 Å². The number of aromatic nitrogens is 2. The number of hydrogen-bond acceptors (Lipinski definition) is 3. The van der Waals surface area contributed by atoms with Crippen molar-refractivity contribution in [1.82, 2.24) is 15.1 Å². The van der Waals surface area contributed by atoms with Crippen LogP contribution in [0.1, 0.15) is 21.5 Å². The molecule has 5 heteroatoms. The van der Waals surface area contributed by atoms with Gasteiger partial charge in [0, 0.05) is 17.6 Å². The standard InChI is InChI=1S/C19H19N3OS/c1-14-5-3-4-6-18(14)22-13-16(12-21-22)19(23)20-11-15-7-9-17(24-2)10-8-15/h3-10,12-13H,11H2,1-2H3,(H,20,23). The quantitative estimate of drug-likeness (QED) is 0.720. The van der Waals surface area contributed by atoms with Crippen LogP contribution in [0.2, 0.25) is 0 Å². The average molecular weight is 337 g/mol. The molecule has 1 heterocycles. The van der Waals surface area contributed by atoms with E-state index in [1.54, 1.807) is 28.8 Å². The number of para-hydroxylation sites is 1. The second-order valence-corrected chi connectivity index (χ2v) is 6.37. The van der Waals surface area contributed by atoms with Crippen molar-refractivity contribution in [3.05, 3.63) is 77.6 Å². The lowest BCUT2D eigenvalue weighted by Crippen LogP contribution is -2.22. The normalized spacial score (nSPS) is 10.6. The third kappa shape index (κ3) is 3.68. The number of thioether (sulfide) groups is 1. The van der Waals surface area contributed by atoms with E-state index in [4.69, 9.17) is 0 Å². The van der Waals surface area contributed by atoms with Crippen LogP contribution in [-0.2, 0) is 6.54 Å². The van der Waals surface area contributed by atoms with Crippen LogP contribution in [0.4, 0.5) is 0 Å². The summed E-state index contributed by atoms with van der Waals surface area (Å²) >= 11 is 1.70. The zero-order valence-electron chi connectivity index (χ0n) is 13.7. The van der Waals surface area contributed by atoms with Crippen LogP contribution in [0, 0.1) is 6.92 Å². The number of benzene rings is 2. The summed E-state index contributed by atoms with van der Waals surface area (Å²) in [7, 11) is 0. The lowest BCUT2D eigenvalue weighted by molar-refractivity contribution is 0.0951. The summed E-state index contributed by atoms with van der Waals surface area (Å²) in [4.78, 5) is 13.5. The molecule has 1 amide bonds. The predicted octanol–water partition coefficient (Wildman–Crippen LogP) is 3.83. The van der Waals surface area contributed by atoms with Gasteiger partial charge in [-0.15, -0.1) is 11.8 Å². The molecule has 122 valence electrons. The molecule has 0 aliphatic heterocycles. The first kappa shape index (κ1) is 16.3. The molecule has 1 N–H and O–H groups in total. The number of rotatable bonds is 5. The maximum absolute atomic E-state index is 12.3. The van der Waals surface area contributed by atoms with Crippen molar-refractivity contribution >= 4 is 17.7 Å². The summed E-state index contributed by atoms with van der Waals surface area (Å²) < 4.78 is 1.73. The van der Waals surface area contributed by atoms with Gasteiger partial charge in [-0.3, -0.25) is 4.79 Å². The van der Waals surface area contributed by atoms with Crippen molar-refractivity contribution in [2.45, 2.75) is 18.4 Å². The number of amides is 1. The molecule has 2 aromatic carbocycles. The Kier molecular flexibility index (Phi) is 5.01. The van der Waals surface area contributed by atoms with Crippen molar-refractivity contribution in [3.63, 3.8) is 0 Å². The highest BCUT2D eigenvalue weighted by Gasteiger charge is 2.10. The molecular formula is C19H19N3OS. The Hall–Kier alpha value is -2.53. The predicted molar refractivity (Wildman–Crippen MR) is 97.7 cm³/mol. The minimum atomic E-state index is -0.122. The Balaban J connectivity index is 1.66. The zero-order valence-corrected chi connectivity index (χ0v) is 14.5. The molecule has 24 heavy (non-hydrogen) atoms. The van der Waals surface area contributed by atoms with Crippen LogP contribution in [0.25, 0.3) is 5.69 Å². The fraction of sp³-hybridized carbons (Fsp3) is 0.158. The Labute approximate surface area is 145 Å². The largest absolute Gasteiger partial charge is 0.348 e. The lowest BCUT2D eigenvalue weighted by Gasteiger charge is -2.05. The molecule has 0 saturated carbocycles. The third-order valence-electron chi connectivity index (χ3n) is 3.82. The Morgan fingerprint density at radius 1 is 1.17 bits per heavy atom. The van der Waals surface area contributed by atoms with E-state index >= 15 is 0 Å². The van der Waals surface area contributed by atoms with Crippen molar-refractivity contribution in [1.29, 1.82) is 0 Å². The maximum Gasteiger partial charge on any atom is 0.254 e. The molecule has 0 aliphatic rings. The highest BCUT2D eigenvalue weighted by Crippen LogP contribution is 2.15. The maximum atomic E-state index is 12.3. The fourth-order valence-corrected chi connectivity index (χ4v) is 2.83. The van der Waals surface area contributed by atoms with Crippen LogP contribution in [0.5, 0.6) is 0 Å². The molecule has 0 aliphatic carbocycles. The number of hydrogen-bond donors (Lipinski definition) is 1. The van der Waals surface area contributed by atoms with E-state index in [-0.39, 0.29) is 5.91 Å². The minimum Gasteiger partial charge on any atom is -0.348 e. The van der Waals surface area contributed by atoms with Crippen LogP contribution in [-0.4, -0.2) is 21.9 Å². The van der Waals surface area contributed by atoms with E-state index in [0.29, 0.717) is 12.1 Å². The number of nitrogens with one attached hydrogen (secondary N) is 1. The van der Waals surface area contributed by atoms with Crippen molar-refractivity contribution in [2.24, 2.45) is 0 Å². The number of carbonyl (C=O) groups is 1. The van der Waals surface area contributed by atoms with Gasteiger partial charge in [0.25, 0.3) is 5.91 Å². The molecule has 1 aromatic heterocycles. The average Bonchev–Trinajstić information content (AvgIpc) is 3.10. The van der Waals surface area contributed by atoms with Gasteiger partial charge in [0.1, 0.15) is 0 Å². The van der Waals surface area contributed by atoms with Gasteiger partial charge in [0.2, 0.25) is 0 Å². The van der Waals surface area contributed by atoms with E-state index in [1.807, 2.05) is 49.6 Å². The summed E-state index contributed by atoms with van der Waals surface area (Å²) in [5, 5.41) is 7.23. The van der Waals surface area contributed by atoms with Gasteiger partial charge in [-0.1, -0.05) is 30.3 Å². The van der Waals surface area contributed by atoms with Gasteiger partial charge in [-0.05, 0) is 42.5 Å². The lowest BCUT2D eigenvalue weighted by atomic mass is 10.2. The highest BCUT2D eigenvalue weighted by molar-refractivity contribution is 7.98. The number of nitrogens with zero attached hydrogens (tertiary/aromatic N) is 2. The summed E-state index contributed by atoms with van der Waals surface area (Å²) in [6, 6.07) is 16.1. The van der Waals surface area contributed by atoms with E-state index in [9.17, 15) is 4.79 Å². The van der Waals surface area contributed by atoms with Crippen LogP contribution < -0.4 is 5.32 Å². The molecular weight excluding hydrogens is 318 g/mol. The minimum absolute atomic E-state index is 0.122. The molecule has 3 rings (SSSR count). The first-order valence-corrected chi connectivity index (χ1v) is 8.91. The molecule has 0 radical (unpaired) electrons. The molecule has 0 atom stereocenters. The summed E-state index contributed by atoms with van der Waals surface area (Å²) in [6.45, 7) is 2.53. The molecule has 0 saturated heterocycles. The number of carbonyl (C=O) groups excluding carboxylic acids is 1. The van der Waals surface area contributed by atoms with E-state index in [1.165, 1.54) is 4.90 Å². The third-order valence-corrected chi connectivity index (χ3v) is 4.56. The smallest absolute Gasteiger partial charge is 0.254 e. The van der Waals surface area contributed by atoms with E-state index < -0.39 is 0 Å². The first-order valence-electron chi connectivity index (χ1n) is 7.69. The summed E-state index contributed by atoms with van der Waals surface area (Å²) in [6.07, 6.45) is 5.40. The number of aryl methyl sites for hydroxylation is 1. The Bertz CT molecular complexity index is 840. The van der Waals surface area contributed by atoms with Gasteiger partial charge in [0.15, 0.2) is 0 Å². The summed E-state index contributed by atoms with van der Waals surface area (Å²) in [5.41, 5.74) is 3.72. The molecule has 0 bridgehead atoms. The fourth-order valence-electron chi connectivity index (χ4n) is 2.42. The van der Waals surface area contributed by atoms with Gasteiger partial charge in [0.05, 0.1) is 17.4 Å². The van der Waals surface area contributed by atoms with Crippen LogP contribution in [0.15, 0.2) is 65.8 Å². The van der Waals surface area contributed by atoms with Gasteiger partial charge in [-0.2, -0.15) is 5.10 Å². The van der Waals surface area contributed by atoms with Gasteiger partial charge in [-0.25, -0.2) is 4.68 Å². The highest BCUT2D eigenvalue weighted by atomic mass is 32.2. The SMILES string of the molecule is CSc1ccc(CNC(=O)c2cnn(-c3ccccc3C)c2)cc1. The second-order valence-electron chi connectivity index (χ2n) is 5.49. The molecule has 4 nitrogen and oxygen atoms in total. The van der Waals surface area contributed by atoms with Crippen LogP contribution >= 0.6 is 11.8 Å². The molecule has 0 fully saturated rings. The molecule has 0 spiro atoms. The Morgan fingerprint density at radius 3 is 2.62 bits per heavy atom. The van der Waals surface area contributed by atoms with Crippen molar-refractivity contribution in [3.8, 4) is 5.69 Å². The summed E-state index contributed by atoms with van der Waals surface area (Å²) in [5.74, 6) is -0.122. The zero-order chi connectivity index (χ0) is 16.9.